The van der Waals surface area contributed by atoms with Gasteiger partial charge in [-0.05, 0) is 29.8 Å². The summed E-state index contributed by atoms with van der Waals surface area (Å²) in [5.41, 5.74) is 9.44. The molecule has 0 radical (unpaired) electrons. The first kappa shape index (κ1) is 11.8. The van der Waals surface area contributed by atoms with Gasteiger partial charge in [-0.1, -0.05) is 24.3 Å². The molecule has 0 aliphatic carbocycles. The van der Waals surface area contributed by atoms with Crippen molar-refractivity contribution in [1.29, 1.82) is 0 Å². The minimum absolute atomic E-state index is 0.0669. The number of rotatable bonds is 3. The summed E-state index contributed by atoms with van der Waals surface area (Å²) in [7, 11) is 0. The third-order valence-corrected chi connectivity index (χ3v) is 3.23. The monoisotopic (exact) mass is 249 g/mol. The number of nitrogens with two attached hydrogens (primary N) is 1. The van der Waals surface area contributed by atoms with Crippen LogP contribution in [0.15, 0.2) is 60.9 Å². The van der Waals surface area contributed by atoms with Crippen LogP contribution < -0.4 is 5.73 Å². The molecule has 2 heterocycles. The molecule has 1 aromatic carbocycles. The number of nitrogens with zero attached hydrogens (tertiary/aromatic N) is 2. The van der Waals surface area contributed by atoms with Gasteiger partial charge in [0.1, 0.15) is 0 Å². The highest BCUT2D eigenvalue weighted by atomic mass is 14.7. The van der Waals surface area contributed by atoms with Gasteiger partial charge in [0.25, 0.3) is 0 Å². The number of hydrogen-bond donors (Lipinski definition) is 1. The molecule has 0 saturated heterocycles. The van der Waals surface area contributed by atoms with E-state index >= 15 is 0 Å². The van der Waals surface area contributed by atoms with Crippen molar-refractivity contribution in [3.05, 3.63) is 72.2 Å². The van der Waals surface area contributed by atoms with Crippen LogP contribution in [-0.2, 0) is 6.42 Å². The summed E-state index contributed by atoms with van der Waals surface area (Å²) in [5, 5.41) is 1.12. The molecule has 2 aromatic heterocycles. The maximum absolute atomic E-state index is 6.33. The Morgan fingerprint density at radius 2 is 1.79 bits per heavy atom. The summed E-state index contributed by atoms with van der Waals surface area (Å²) < 4.78 is 0. The molecule has 0 spiro atoms. The maximum atomic E-state index is 6.33. The first-order valence-corrected chi connectivity index (χ1v) is 6.34. The minimum atomic E-state index is -0.0669. The van der Waals surface area contributed by atoms with Crippen molar-refractivity contribution in [2.45, 2.75) is 12.5 Å². The topological polar surface area (TPSA) is 51.8 Å². The Bertz CT molecular complexity index is 674. The van der Waals surface area contributed by atoms with Gasteiger partial charge in [0, 0.05) is 35.9 Å². The van der Waals surface area contributed by atoms with E-state index in [2.05, 4.69) is 22.1 Å². The third-order valence-electron chi connectivity index (χ3n) is 3.23. The smallest absolute Gasteiger partial charge is 0.0705 e. The summed E-state index contributed by atoms with van der Waals surface area (Å²) >= 11 is 0. The van der Waals surface area contributed by atoms with E-state index in [0.29, 0.717) is 0 Å². The van der Waals surface area contributed by atoms with Gasteiger partial charge in [-0.25, -0.2) is 0 Å². The molecule has 3 nitrogen and oxygen atoms in total. The first-order valence-electron chi connectivity index (χ1n) is 6.34. The molecule has 2 N–H and O–H groups in total. The van der Waals surface area contributed by atoms with E-state index in [-0.39, 0.29) is 6.04 Å². The summed E-state index contributed by atoms with van der Waals surface area (Å²) in [4.78, 5) is 8.69. The van der Waals surface area contributed by atoms with Crippen molar-refractivity contribution in [3.63, 3.8) is 0 Å². The van der Waals surface area contributed by atoms with Gasteiger partial charge in [-0.15, -0.1) is 0 Å². The zero-order valence-electron chi connectivity index (χ0n) is 10.5. The maximum Gasteiger partial charge on any atom is 0.0705 e. The van der Waals surface area contributed by atoms with Crippen LogP contribution in [0.3, 0.4) is 0 Å². The number of benzene rings is 1. The standard InChI is InChI=1S/C16H15N3/c17-15(11-12-5-1-2-9-18-12)13-6-3-8-16-14(13)7-4-10-19-16/h1-10,15H,11,17H2. The van der Waals surface area contributed by atoms with Crippen molar-refractivity contribution in [2.24, 2.45) is 5.73 Å². The van der Waals surface area contributed by atoms with Crippen molar-refractivity contribution < 1.29 is 0 Å². The summed E-state index contributed by atoms with van der Waals surface area (Å²) in [6.07, 6.45) is 4.33. The van der Waals surface area contributed by atoms with E-state index < -0.39 is 0 Å². The lowest BCUT2D eigenvalue weighted by Crippen LogP contribution is -2.14. The molecule has 94 valence electrons. The molecule has 0 aliphatic rings. The second kappa shape index (κ2) is 5.16. The second-order valence-electron chi connectivity index (χ2n) is 4.55. The predicted molar refractivity (Wildman–Crippen MR) is 76.6 cm³/mol. The van der Waals surface area contributed by atoms with Crippen LogP contribution in [0.1, 0.15) is 17.3 Å². The van der Waals surface area contributed by atoms with E-state index in [1.165, 1.54) is 0 Å². The molecule has 19 heavy (non-hydrogen) atoms. The number of pyridine rings is 2. The fourth-order valence-electron chi connectivity index (χ4n) is 2.30. The van der Waals surface area contributed by atoms with E-state index in [1.54, 1.807) is 12.4 Å². The Morgan fingerprint density at radius 3 is 2.63 bits per heavy atom. The molecule has 0 aliphatic heterocycles. The fraction of sp³-hybridized carbons (Fsp3) is 0.125. The van der Waals surface area contributed by atoms with E-state index in [4.69, 9.17) is 5.73 Å². The lowest BCUT2D eigenvalue weighted by molar-refractivity contribution is 0.712. The van der Waals surface area contributed by atoms with Crippen LogP contribution in [0, 0.1) is 0 Å². The van der Waals surface area contributed by atoms with Crippen LogP contribution in [0.2, 0.25) is 0 Å². The molecule has 1 atom stereocenters. The summed E-state index contributed by atoms with van der Waals surface area (Å²) in [6.45, 7) is 0. The normalized spacial score (nSPS) is 12.5. The van der Waals surface area contributed by atoms with Crippen molar-refractivity contribution >= 4 is 10.9 Å². The fourth-order valence-corrected chi connectivity index (χ4v) is 2.30. The third kappa shape index (κ3) is 2.46. The SMILES string of the molecule is NC(Cc1ccccn1)c1cccc2ncccc12. The van der Waals surface area contributed by atoms with E-state index in [9.17, 15) is 0 Å². The molecular formula is C16H15N3. The zero-order chi connectivity index (χ0) is 13.1. The highest BCUT2D eigenvalue weighted by Gasteiger charge is 2.11. The highest BCUT2D eigenvalue weighted by molar-refractivity contribution is 5.82. The number of fused-ring (bicyclic) bond motifs is 1. The van der Waals surface area contributed by atoms with Gasteiger partial charge < -0.3 is 5.73 Å². The Morgan fingerprint density at radius 1 is 0.895 bits per heavy atom. The van der Waals surface area contributed by atoms with Crippen LogP contribution in [0.4, 0.5) is 0 Å². The van der Waals surface area contributed by atoms with E-state index in [1.807, 2.05) is 36.4 Å². The van der Waals surface area contributed by atoms with Gasteiger partial charge >= 0.3 is 0 Å². The van der Waals surface area contributed by atoms with Gasteiger partial charge in [0.15, 0.2) is 0 Å². The Hall–Kier alpha value is -2.26. The van der Waals surface area contributed by atoms with Gasteiger partial charge in [-0.2, -0.15) is 0 Å². The van der Waals surface area contributed by atoms with Crippen LogP contribution >= 0.6 is 0 Å². The molecule has 0 fully saturated rings. The average molecular weight is 249 g/mol. The lowest BCUT2D eigenvalue weighted by Gasteiger charge is -2.14. The van der Waals surface area contributed by atoms with Crippen LogP contribution in [-0.4, -0.2) is 9.97 Å². The molecule has 3 rings (SSSR count). The second-order valence-corrected chi connectivity index (χ2v) is 4.55. The molecule has 3 heteroatoms. The predicted octanol–water partition coefficient (Wildman–Crippen LogP) is 2.87. The zero-order valence-corrected chi connectivity index (χ0v) is 10.5. The first-order chi connectivity index (χ1) is 9.34. The number of hydrogen-bond acceptors (Lipinski definition) is 3. The summed E-state index contributed by atoms with van der Waals surface area (Å²) in [5.74, 6) is 0. The molecule has 0 amide bonds. The Labute approximate surface area is 112 Å². The highest BCUT2D eigenvalue weighted by Crippen LogP contribution is 2.23. The van der Waals surface area contributed by atoms with Crippen molar-refractivity contribution in [1.82, 2.24) is 9.97 Å². The Kier molecular flexibility index (Phi) is 3.21. The molecular weight excluding hydrogens is 234 g/mol. The van der Waals surface area contributed by atoms with Gasteiger partial charge in [0.05, 0.1) is 5.52 Å². The lowest BCUT2D eigenvalue weighted by atomic mass is 9.98. The van der Waals surface area contributed by atoms with Crippen LogP contribution in [0.25, 0.3) is 10.9 Å². The molecule has 3 aromatic rings. The van der Waals surface area contributed by atoms with Gasteiger partial charge in [0.2, 0.25) is 0 Å². The molecule has 0 bridgehead atoms. The summed E-state index contributed by atoms with van der Waals surface area (Å²) in [6, 6.07) is 15.9. The molecule has 1 unspecified atom stereocenters. The van der Waals surface area contributed by atoms with Crippen molar-refractivity contribution in [2.75, 3.05) is 0 Å². The van der Waals surface area contributed by atoms with E-state index in [0.717, 1.165) is 28.6 Å². The Balaban J connectivity index is 1.96. The average Bonchev–Trinajstić information content (AvgIpc) is 2.47. The number of aromatic nitrogens is 2. The van der Waals surface area contributed by atoms with Crippen LogP contribution in [0.5, 0.6) is 0 Å². The minimum Gasteiger partial charge on any atom is -0.324 e. The quantitative estimate of drug-likeness (QED) is 0.776. The molecule has 0 saturated carbocycles. The van der Waals surface area contributed by atoms with Crippen molar-refractivity contribution in [3.8, 4) is 0 Å². The van der Waals surface area contributed by atoms with Gasteiger partial charge in [-0.3, -0.25) is 9.97 Å². The largest absolute Gasteiger partial charge is 0.324 e.